The number of carboxylic acids is 1. The van der Waals surface area contributed by atoms with Gasteiger partial charge >= 0.3 is 18.3 Å². The first-order valence-corrected chi connectivity index (χ1v) is 4.84. The minimum Gasteiger partial charge on any atom is -0.480 e. The van der Waals surface area contributed by atoms with E-state index in [0.717, 1.165) is 6.92 Å². The van der Waals surface area contributed by atoms with Crippen LogP contribution in [-0.2, 0) is 9.59 Å². The number of carbonyl (C=O) groups is 2. The number of rotatable bonds is 5. The number of carboxylic acid groups (broad SMARTS) is 1. The molecular weight excluding hydrogens is 246 g/mol. The van der Waals surface area contributed by atoms with Gasteiger partial charge in [-0.1, -0.05) is 0 Å². The third-order valence-corrected chi connectivity index (χ3v) is 2.79. The van der Waals surface area contributed by atoms with Gasteiger partial charge in [-0.15, -0.1) is 0 Å². The van der Waals surface area contributed by atoms with Crippen molar-refractivity contribution in [3.8, 4) is 0 Å². The number of aliphatic carboxylic acids is 1. The predicted molar refractivity (Wildman–Crippen MR) is 47.9 cm³/mol. The van der Waals surface area contributed by atoms with E-state index in [9.17, 15) is 27.2 Å². The van der Waals surface area contributed by atoms with E-state index in [4.69, 9.17) is 5.11 Å². The summed E-state index contributed by atoms with van der Waals surface area (Å²) in [4.78, 5) is 21.8. The molecule has 0 aliphatic heterocycles. The maximum absolute atomic E-state index is 12.7. The smallest absolute Gasteiger partial charge is 0.383 e. The second-order valence-electron chi connectivity index (χ2n) is 4.16. The van der Waals surface area contributed by atoms with Crippen LogP contribution in [0.1, 0.15) is 19.8 Å². The number of hydrogen-bond acceptors (Lipinski definition) is 2. The molecule has 2 N–H and O–H groups in total. The van der Waals surface area contributed by atoms with Crippen LogP contribution in [0, 0.1) is 5.92 Å². The van der Waals surface area contributed by atoms with Crippen LogP contribution in [0.2, 0.25) is 0 Å². The Morgan fingerprint density at radius 2 is 1.82 bits per heavy atom. The minimum atomic E-state index is -4.88. The van der Waals surface area contributed by atoms with E-state index in [2.05, 4.69) is 0 Å². The number of amides is 1. The molecule has 1 rings (SSSR count). The van der Waals surface area contributed by atoms with Gasteiger partial charge in [0.1, 0.15) is 5.54 Å². The van der Waals surface area contributed by atoms with Crippen LogP contribution < -0.4 is 5.32 Å². The molecule has 1 unspecified atom stereocenters. The molecule has 0 spiro atoms. The molecule has 4 nitrogen and oxygen atoms in total. The molecular formula is C9H11F4NO3. The van der Waals surface area contributed by atoms with Gasteiger partial charge in [0.25, 0.3) is 5.91 Å². The molecule has 1 fully saturated rings. The molecule has 1 aliphatic carbocycles. The molecule has 17 heavy (non-hydrogen) atoms. The standard InChI is InChI=1S/C9H11F4NO3/c1-8(7(16)17,4-2-3-4)14-6(15)9(12,13)5(10)11/h4-5H,2-3H2,1H3,(H,14,15)(H,16,17). The zero-order valence-electron chi connectivity index (χ0n) is 8.84. The first kappa shape index (κ1) is 13.7. The number of carbonyl (C=O) groups excluding carboxylic acids is 1. The van der Waals surface area contributed by atoms with E-state index in [1.807, 2.05) is 0 Å². The van der Waals surface area contributed by atoms with Gasteiger partial charge in [-0.3, -0.25) is 4.79 Å². The lowest BCUT2D eigenvalue weighted by atomic mass is 9.95. The maximum Gasteiger partial charge on any atom is 0.383 e. The largest absolute Gasteiger partial charge is 0.480 e. The van der Waals surface area contributed by atoms with Crippen molar-refractivity contribution in [2.24, 2.45) is 5.92 Å². The Morgan fingerprint density at radius 3 is 2.12 bits per heavy atom. The van der Waals surface area contributed by atoms with Gasteiger partial charge < -0.3 is 10.4 Å². The summed E-state index contributed by atoms with van der Waals surface area (Å²) < 4.78 is 49.1. The van der Waals surface area contributed by atoms with Gasteiger partial charge in [-0.05, 0) is 25.7 Å². The van der Waals surface area contributed by atoms with E-state index in [0.29, 0.717) is 12.8 Å². The number of halogens is 4. The first-order chi connectivity index (χ1) is 7.62. The zero-order chi connectivity index (χ0) is 13.4. The quantitative estimate of drug-likeness (QED) is 0.728. The van der Waals surface area contributed by atoms with Gasteiger partial charge in [0.2, 0.25) is 0 Å². The third kappa shape index (κ3) is 2.50. The van der Waals surface area contributed by atoms with Crippen LogP contribution in [0.5, 0.6) is 0 Å². The van der Waals surface area contributed by atoms with Crippen molar-refractivity contribution in [1.29, 1.82) is 0 Å². The highest BCUT2D eigenvalue weighted by atomic mass is 19.3. The van der Waals surface area contributed by atoms with Crippen LogP contribution in [-0.4, -0.2) is 34.9 Å². The fourth-order valence-electron chi connectivity index (χ4n) is 1.41. The molecule has 0 heterocycles. The van der Waals surface area contributed by atoms with Crippen molar-refractivity contribution in [2.45, 2.75) is 37.7 Å². The van der Waals surface area contributed by atoms with Gasteiger partial charge in [-0.2, -0.15) is 8.78 Å². The molecule has 1 amide bonds. The highest BCUT2D eigenvalue weighted by Gasteiger charge is 2.55. The molecule has 1 atom stereocenters. The highest BCUT2D eigenvalue weighted by Crippen LogP contribution is 2.40. The Hall–Kier alpha value is -1.34. The SMILES string of the molecule is CC(NC(=O)C(F)(F)C(F)F)(C(=O)O)C1CC1. The van der Waals surface area contributed by atoms with Gasteiger partial charge in [0, 0.05) is 0 Å². The summed E-state index contributed by atoms with van der Waals surface area (Å²) in [5.74, 6) is -9.16. The molecule has 98 valence electrons. The molecule has 0 radical (unpaired) electrons. The number of hydrogen-bond donors (Lipinski definition) is 2. The van der Waals surface area contributed by atoms with Crippen molar-refractivity contribution in [3.63, 3.8) is 0 Å². The summed E-state index contributed by atoms with van der Waals surface area (Å²) in [6.07, 6.45) is -3.27. The van der Waals surface area contributed by atoms with E-state index < -0.39 is 35.7 Å². The van der Waals surface area contributed by atoms with E-state index in [1.54, 1.807) is 0 Å². The van der Waals surface area contributed by atoms with E-state index in [1.165, 1.54) is 5.32 Å². The second kappa shape index (κ2) is 4.15. The maximum atomic E-state index is 12.7. The Balaban J connectivity index is 2.82. The van der Waals surface area contributed by atoms with Crippen molar-refractivity contribution in [1.82, 2.24) is 5.32 Å². The van der Waals surface area contributed by atoms with E-state index >= 15 is 0 Å². The average Bonchev–Trinajstić information content (AvgIpc) is 2.99. The summed E-state index contributed by atoms with van der Waals surface area (Å²) in [7, 11) is 0. The van der Waals surface area contributed by atoms with Gasteiger partial charge in [-0.25, -0.2) is 13.6 Å². The lowest BCUT2D eigenvalue weighted by molar-refractivity contribution is -0.174. The molecule has 0 aromatic carbocycles. The molecule has 0 aromatic rings. The summed E-state index contributed by atoms with van der Waals surface area (Å²) in [5, 5.41) is 10.4. The second-order valence-corrected chi connectivity index (χ2v) is 4.16. The van der Waals surface area contributed by atoms with Gasteiger partial charge in [0.15, 0.2) is 0 Å². The molecule has 1 aliphatic rings. The van der Waals surface area contributed by atoms with Crippen molar-refractivity contribution < 1.29 is 32.3 Å². The van der Waals surface area contributed by atoms with Crippen LogP contribution >= 0.6 is 0 Å². The Morgan fingerprint density at radius 1 is 1.35 bits per heavy atom. The normalized spacial score (nSPS) is 19.9. The van der Waals surface area contributed by atoms with Gasteiger partial charge in [0.05, 0.1) is 0 Å². The van der Waals surface area contributed by atoms with E-state index in [-0.39, 0.29) is 0 Å². The predicted octanol–water partition coefficient (Wildman–Crippen LogP) is 1.26. The number of nitrogens with one attached hydrogen (secondary N) is 1. The minimum absolute atomic E-state index is 0.448. The molecule has 0 aromatic heterocycles. The van der Waals surface area contributed by atoms with Crippen LogP contribution in [0.25, 0.3) is 0 Å². The van der Waals surface area contributed by atoms with Crippen LogP contribution in [0.15, 0.2) is 0 Å². The monoisotopic (exact) mass is 257 g/mol. The molecule has 0 bridgehead atoms. The molecule has 1 saturated carbocycles. The Bertz CT molecular complexity index is 343. The average molecular weight is 257 g/mol. The molecule has 8 heteroatoms. The van der Waals surface area contributed by atoms with Crippen molar-refractivity contribution >= 4 is 11.9 Å². The van der Waals surface area contributed by atoms with Crippen LogP contribution in [0.3, 0.4) is 0 Å². The third-order valence-electron chi connectivity index (χ3n) is 2.79. The summed E-state index contributed by atoms with van der Waals surface area (Å²) in [5.41, 5.74) is -1.92. The summed E-state index contributed by atoms with van der Waals surface area (Å²) in [6, 6.07) is 0. The Kier molecular flexibility index (Phi) is 3.35. The van der Waals surface area contributed by atoms with Crippen LogP contribution in [0.4, 0.5) is 17.6 Å². The lowest BCUT2D eigenvalue weighted by Crippen LogP contribution is -2.59. The Labute approximate surface area is 94.0 Å². The van der Waals surface area contributed by atoms with Crippen molar-refractivity contribution in [2.75, 3.05) is 0 Å². The molecule has 0 saturated heterocycles. The first-order valence-electron chi connectivity index (χ1n) is 4.84. The number of alkyl halides is 4. The lowest BCUT2D eigenvalue weighted by Gasteiger charge is -2.28. The highest BCUT2D eigenvalue weighted by molar-refractivity contribution is 5.91. The summed E-state index contributed by atoms with van der Waals surface area (Å²) in [6.45, 7) is 1.03. The fourth-order valence-corrected chi connectivity index (χ4v) is 1.41. The fraction of sp³-hybridized carbons (Fsp3) is 0.778. The summed E-state index contributed by atoms with van der Waals surface area (Å²) >= 11 is 0. The topological polar surface area (TPSA) is 66.4 Å². The van der Waals surface area contributed by atoms with Crippen molar-refractivity contribution in [3.05, 3.63) is 0 Å². The zero-order valence-corrected chi connectivity index (χ0v) is 8.84.